The molecular formula is C13H20N4OS. The van der Waals surface area contributed by atoms with Crippen LogP contribution < -0.4 is 16.4 Å². The number of nitrogens with one attached hydrogen (secondary N) is 2. The number of unbranched alkanes of at least 4 members (excludes halogenated alkanes) is 1. The van der Waals surface area contributed by atoms with E-state index in [4.69, 9.17) is 11.0 Å². The fourth-order valence-electron chi connectivity index (χ4n) is 1.55. The highest BCUT2D eigenvalue weighted by Gasteiger charge is 2.20. The standard InChI is InChI=1S/C13H20N4OS/c1-3-5-7-17-13-9(8-14)10(15)11(19-13)12(18)16-6-4-2/h17H,3-7,15H2,1-2H3,(H,16,18). The van der Waals surface area contributed by atoms with Crippen LogP contribution in [0.1, 0.15) is 48.3 Å². The summed E-state index contributed by atoms with van der Waals surface area (Å²) >= 11 is 1.25. The van der Waals surface area contributed by atoms with Gasteiger partial charge in [0.1, 0.15) is 21.5 Å². The Balaban J connectivity index is 2.89. The Bertz CT molecular complexity index is 476. The molecule has 0 bridgehead atoms. The van der Waals surface area contributed by atoms with Gasteiger partial charge in [0.2, 0.25) is 0 Å². The van der Waals surface area contributed by atoms with Gasteiger partial charge in [-0.15, -0.1) is 11.3 Å². The third-order valence-corrected chi connectivity index (χ3v) is 3.78. The molecule has 1 aromatic heterocycles. The number of thiophene rings is 1. The monoisotopic (exact) mass is 280 g/mol. The number of carbonyl (C=O) groups is 1. The zero-order valence-corrected chi connectivity index (χ0v) is 12.2. The number of nitrogens with zero attached hydrogens (tertiary/aromatic N) is 1. The van der Waals surface area contributed by atoms with Gasteiger partial charge in [-0.2, -0.15) is 5.26 Å². The first-order valence-corrected chi connectivity index (χ1v) is 7.31. The maximum Gasteiger partial charge on any atom is 0.263 e. The van der Waals surface area contributed by atoms with Crippen LogP contribution in [0, 0.1) is 11.3 Å². The van der Waals surface area contributed by atoms with Crippen LogP contribution in [0.5, 0.6) is 0 Å². The van der Waals surface area contributed by atoms with E-state index in [2.05, 4.69) is 23.6 Å². The number of anilines is 2. The summed E-state index contributed by atoms with van der Waals surface area (Å²) in [5.41, 5.74) is 6.53. The van der Waals surface area contributed by atoms with Crippen molar-refractivity contribution in [2.75, 3.05) is 24.1 Å². The first-order chi connectivity index (χ1) is 9.15. The van der Waals surface area contributed by atoms with E-state index in [0.717, 1.165) is 25.8 Å². The first kappa shape index (κ1) is 15.3. The van der Waals surface area contributed by atoms with Crippen molar-refractivity contribution < 1.29 is 4.79 Å². The minimum atomic E-state index is -0.204. The third-order valence-electron chi connectivity index (χ3n) is 2.61. The maximum absolute atomic E-state index is 11.9. The summed E-state index contributed by atoms with van der Waals surface area (Å²) in [6.45, 7) is 5.47. The molecule has 0 aliphatic carbocycles. The van der Waals surface area contributed by atoms with E-state index in [1.807, 2.05) is 6.92 Å². The molecule has 6 heteroatoms. The summed E-state index contributed by atoms with van der Waals surface area (Å²) in [6, 6.07) is 2.07. The van der Waals surface area contributed by atoms with E-state index in [-0.39, 0.29) is 11.6 Å². The van der Waals surface area contributed by atoms with Crippen LogP contribution in [-0.4, -0.2) is 19.0 Å². The highest BCUT2D eigenvalue weighted by molar-refractivity contribution is 7.18. The lowest BCUT2D eigenvalue weighted by molar-refractivity contribution is 0.0958. The summed E-state index contributed by atoms with van der Waals surface area (Å²) in [7, 11) is 0. The van der Waals surface area contributed by atoms with Gasteiger partial charge in [-0.25, -0.2) is 0 Å². The highest BCUT2D eigenvalue weighted by Crippen LogP contribution is 2.35. The SMILES string of the molecule is CCCCNc1sc(C(=O)NCCC)c(N)c1C#N. The Hall–Kier alpha value is -1.74. The topological polar surface area (TPSA) is 90.9 Å². The molecular weight excluding hydrogens is 260 g/mol. The van der Waals surface area contributed by atoms with Gasteiger partial charge in [0.15, 0.2) is 0 Å². The van der Waals surface area contributed by atoms with Crippen molar-refractivity contribution in [3.63, 3.8) is 0 Å². The van der Waals surface area contributed by atoms with Crippen LogP contribution in [0.2, 0.25) is 0 Å². The number of nitriles is 1. The van der Waals surface area contributed by atoms with Gasteiger partial charge in [-0.3, -0.25) is 4.79 Å². The second-order valence-electron chi connectivity index (χ2n) is 4.20. The number of nitrogens with two attached hydrogens (primary N) is 1. The summed E-state index contributed by atoms with van der Waals surface area (Å²) in [4.78, 5) is 12.3. The lowest BCUT2D eigenvalue weighted by atomic mass is 10.2. The van der Waals surface area contributed by atoms with Crippen LogP contribution in [0.25, 0.3) is 0 Å². The van der Waals surface area contributed by atoms with Crippen LogP contribution in [-0.2, 0) is 0 Å². The van der Waals surface area contributed by atoms with E-state index < -0.39 is 0 Å². The molecule has 0 fully saturated rings. The zero-order valence-electron chi connectivity index (χ0n) is 11.4. The fraction of sp³-hybridized carbons (Fsp3) is 0.538. The van der Waals surface area contributed by atoms with Crippen molar-refractivity contribution in [3.05, 3.63) is 10.4 Å². The average molecular weight is 280 g/mol. The van der Waals surface area contributed by atoms with E-state index in [9.17, 15) is 4.79 Å². The normalized spacial score (nSPS) is 9.95. The van der Waals surface area contributed by atoms with Crippen molar-refractivity contribution in [3.8, 4) is 6.07 Å². The molecule has 0 radical (unpaired) electrons. The first-order valence-electron chi connectivity index (χ1n) is 6.50. The predicted octanol–water partition coefficient (Wildman–Crippen LogP) is 2.55. The quantitative estimate of drug-likeness (QED) is 0.669. The van der Waals surface area contributed by atoms with Gasteiger partial charge >= 0.3 is 0 Å². The van der Waals surface area contributed by atoms with Crippen LogP contribution >= 0.6 is 11.3 Å². The van der Waals surface area contributed by atoms with Gasteiger partial charge < -0.3 is 16.4 Å². The van der Waals surface area contributed by atoms with Gasteiger partial charge in [0, 0.05) is 13.1 Å². The van der Waals surface area contributed by atoms with E-state index in [1.54, 1.807) is 0 Å². The molecule has 0 aliphatic rings. The van der Waals surface area contributed by atoms with Crippen molar-refractivity contribution in [1.82, 2.24) is 5.32 Å². The molecule has 1 aromatic rings. The number of hydrogen-bond donors (Lipinski definition) is 3. The smallest absolute Gasteiger partial charge is 0.263 e. The van der Waals surface area contributed by atoms with Crippen molar-refractivity contribution >= 4 is 27.9 Å². The zero-order chi connectivity index (χ0) is 14.3. The van der Waals surface area contributed by atoms with Crippen molar-refractivity contribution in [1.29, 1.82) is 5.26 Å². The molecule has 0 atom stereocenters. The third kappa shape index (κ3) is 3.86. The number of carbonyl (C=O) groups excluding carboxylic acids is 1. The number of amides is 1. The molecule has 104 valence electrons. The molecule has 0 unspecified atom stereocenters. The molecule has 0 aliphatic heterocycles. The molecule has 0 spiro atoms. The summed E-state index contributed by atoms with van der Waals surface area (Å²) in [6.07, 6.45) is 2.95. The second-order valence-corrected chi connectivity index (χ2v) is 5.22. The van der Waals surface area contributed by atoms with Crippen LogP contribution in [0.4, 0.5) is 10.7 Å². The molecule has 0 saturated heterocycles. The van der Waals surface area contributed by atoms with E-state index >= 15 is 0 Å². The second kappa shape index (κ2) is 7.64. The van der Waals surface area contributed by atoms with Crippen molar-refractivity contribution in [2.45, 2.75) is 33.1 Å². The summed E-state index contributed by atoms with van der Waals surface area (Å²) in [5, 5.41) is 15.8. The fourth-order valence-corrected chi connectivity index (χ4v) is 2.56. The molecule has 1 rings (SSSR count). The Kier molecular flexibility index (Phi) is 6.16. The maximum atomic E-state index is 11.9. The number of nitrogen functional groups attached to an aromatic ring is 1. The van der Waals surface area contributed by atoms with Gasteiger partial charge in [-0.05, 0) is 12.8 Å². The molecule has 0 saturated carbocycles. The Morgan fingerprint density at radius 1 is 1.37 bits per heavy atom. The van der Waals surface area contributed by atoms with Crippen LogP contribution in [0.3, 0.4) is 0 Å². The minimum Gasteiger partial charge on any atom is -0.396 e. The van der Waals surface area contributed by atoms with Crippen LogP contribution in [0.15, 0.2) is 0 Å². The molecule has 1 heterocycles. The molecule has 4 N–H and O–H groups in total. The minimum absolute atomic E-state index is 0.204. The van der Waals surface area contributed by atoms with Crippen molar-refractivity contribution in [2.24, 2.45) is 0 Å². The van der Waals surface area contributed by atoms with Gasteiger partial charge in [0.25, 0.3) is 5.91 Å². The predicted molar refractivity (Wildman–Crippen MR) is 79.5 cm³/mol. The van der Waals surface area contributed by atoms with Gasteiger partial charge in [0.05, 0.1) is 5.69 Å². The molecule has 1 amide bonds. The Labute approximate surface area is 117 Å². The van der Waals surface area contributed by atoms with E-state index in [0.29, 0.717) is 22.0 Å². The molecule has 19 heavy (non-hydrogen) atoms. The van der Waals surface area contributed by atoms with Gasteiger partial charge in [-0.1, -0.05) is 20.3 Å². The lowest BCUT2D eigenvalue weighted by Gasteiger charge is -2.02. The lowest BCUT2D eigenvalue weighted by Crippen LogP contribution is -2.23. The summed E-state index contributed by atoms with van der Waals surface area (Å²) in [5.74, 6) is -0.204. The molecule has 0 aromatic carbocycles. The number of hydrogen-bond acceptors (Lipinski definition) is 5. The average Bonchev–Trinajstić information content (AvgIpc) is 2.72. The Morgan fingerprint density at radius 2 is 2.11 bits per heavy atom. The largest absolute Gasteiger partial charge is 0.396 e. The van der Waals surface area contributed by atoms with E-state index in [1.165, 1.54) is 11.3 Å². The molecule has 5 nitrogen and oxygen atoms in total. The summed E-state index contributed by atoms with van der Waals surface area (Å²) < 4.78 is 0. The Morgan fingerprint density at radius 3 is 2.68 bits per heavy atom. The number of rotatable bonds is 7. The highest BCUT2D eigenvalue weighted by atomic mass is 32.1.